The normalized spacial score (nSPS) is 10.5. The van der Waals surface area contributed by atoms with Gasteiger partial charge in [0.2, 0.25) is 0 Å². The molecule has 0 amide bonds. The summed E-state index contributed by atoms with van der Waals surface area (Å²) in [6.45, 7) is 2.29. The Hall–Kier alpha value is -2.89. The van der Waals surface area contributed by atoms with E-state index in [2.05, 4.69) is 15.5 Å². The summed E-state index contributed by atoms with van der Waals surface area (Å²) < 4.78 is 9.99. The predicted octanol–water partition coefficient (Wildman–Crippen LogP) is 4.09. The zero-order valence-electron chi connectivity index (χ0n) is 13.2. The maximum absolute atomic E-state index is 10.6. The van der Waals surface area contributed by atoms with E-state index in [0.717, 1.165) is 22.8 Å². The first-order valence-corrected chi connectivity index (χ1v) is 7.20. The van der Waals surface area contributed by atoms with E-state index in [4.69, 9.17) is 9.47 Å². The lowest BCUT2D eigenvalue weighted by atomic mass is 10.3. The van der Waals surface area contributed by atoms with Crippen molar-refractivity contribution in [3.8, 4) is 5.75 Å². The van der Waals surface area contributed by atoms with Crippen LogP contribution < -0.4 is 10.1 Å². The molecule has 0 bridgehead atoms. The summed E-state index contributed by atoms with van der Waals surface area (Å²) >= 11 is 0. The minimum absolute atomic E-state index is 0.278. The number of azo groups is 1. The summed E-state index contributed by atoms with van der Waals surface area (Å²) in [5, 5.41) is 11.5. The largest absolute Gasteiger partial charge is 0.497 e. The molecule has 0 atom stereocenters. The molecule has 1 N–H and O–H groups in total. The molecule has 2 aromatic carbocycles. The fourth-order valence-electron chi connectivity index (χ4n) is 1.82. The SMILES string of the molecule is COc1cccc(/N=N/c2ccc(NCCOC(C)=O)cc2)c1. The van der Waals surface area contributed by atoms with Crippen molar-refractivity contribution in [2.75, 3.05) is 25.6 Å². The van der Waals surface area contributed by atoms with Gasteiger partial charge in [0.1, 0.15) is 12.4 Å². The topological polar surface area (TPSA) is 72.3 Å². The van der Waals surface area contributed by atoms with E-state index in [1.807, 2.05) is 48.5 Å². The van der Waals surface area contributed by atoms with Gasteiger partial charge in [-0.2, -0.15) is 10.2 Å². The summed E-state index contributed by atoms with van der Waals surface area (Å²) in [4.78, 5) is 10.6. The number of hydrogen-bond acceptors (Lipinski definition) is 6. The number of anilines is 1. The molecule has 6 nitrogen and oxygen atoms in total. The second-order valence-corrected chi connectivity index (χ2v) is 4.72. The number of ether oxygens (including phenoxy) is 2. The number of nitrogens with one attached hydrogen (secondary N) is 1. The molecule has 2 aromatic rings. The van der Waals surface area contributed by atoms with Gasteiger partial charge >= 0.3 is 5.97 Å². The molecule has 2 rings (SSSR count). The Balaban J connectivity index is 1.89. The van der Waals surface area contributed by atoms with Gasteiger partial charge in [-0.1, -0.05) is 6.07 Å². The minimum atomic E-state index is -0.278. The van der Waals surface area contributed by atoms with Gasteiger partial charge in [-0.05, 0) is 36.4 Å². The van der Waals surface area contributed by atoms with Crippen molar-refractivity contribution < 1.29 is 14.3 Å². The van der Waals surface area contributed by atoms with E-state index in [0.29, 0.717) is 13.2 Å². The minimum Gasteiger partial charge on any atom is -0.497 e. The molecule has 0 fully saturated rings. The number of esters is 1. The number of methoxy groups -OCH3 is 1. The molecular formula is C17H19N3O3. The summed E-state index contributed by atoms with van der Waals surface area (Å²) in [7, 11) is 1.61. The van der Waals surface area contributed by atoms with E-state index >= 15 is 0 Å². The van der Waals surface area contributed by atoms with Crippen molar-refractivity contribution in [2.45, 2.75) is 6.92 Å². The van der Waals surface area contributed by atoms with Gasteiger partial charge < -0.3 is 14.8 Å². The second kappa shape index (κ2) is 8.53. The van der Waals surface area contributed by atoms with Crippen LogP contribution in [0.5, 0.6) is 5.75 Å². The zero-order chi connectivity index (χ0) is 16.5. The third kappa shape index (κ3) is 5.78. The number of carbonyl (C=O) groups is 1. The molecule has 0 spiro atoms. The third-order valence-electron chi connectivity index (χ3n) is 2.94. The van der Waals surface area contributed by atoms with Crippen LogP contribution in [0.4, 0.5) is 17.1 Å². The van der Waals surface area contributed by atoms with Crippen molar-refractivity contribution in [1.29, 1.82) is 0 Å². The van der Waals surface area contributed by atoms with Crippen LogP contribution in [0.2, 0.25) is 0 Å². The molecule has 0 aliphatic rings. The fourth-order valence-corrected chi connectivity index (χ4v) is 1.82. The second-order valence-electron chi connectivity index (χ2n) is 4.72. The lowest BCUT2D eigenvalue weighted by Crippen LogP contribution is -2.11. The summed E-state index contributed by atoms with van der Waals surface area (Å²) in [5.74, 6) is 0.467. The molecule has 0 unspecified atom stereocenters. The molecule has 0 saturated heterocycles. The lowest BCUT2D eigenvalue weighted by Gasteiger charge is -2.06. The van der Waals surface area contributed by atoms with Crippen LogP contribution in [0.1, 0.15) is 6.92 Å². The average molecular weight is 313 g/mol. The van der Waals surface area contributed by atoms with Crippen molar-refractivity contribution in [3.63, 3.8) is 0 Å². The van der Waals surface area contributed by atoms with Crippen LogP contribution in [0.3, 0.4) is 0 Å². The molecule has 0 saturated carbocycles. The summed E-state index contributed by atoms with van der Waals surface area (Å²) in [6, 6.07) is 14.9. The Morgan fingerprint density at radius 2 is 1.83 bits per heavy atom. The predicted molar refractivity (Wildman–Crippen MR) is 88.7 cm³/mol. The smallest absolute Gasteiger partial charge is 0.302 e. The highest BCUT2D eigenvalue weighted by atomic mass is 16.5. The molecule has 0 aliphatic carbocycles. The Kier molecular flexibility index (Phi) is 6.11. The maximum Gasteiger partial charge on any atom is 0.302 e. The van der Waals surface area contributed by atoms with Crippen LogP contribution in [0.15, 0.2) is 58.8 Å². The van der Waals surface area contributed by atoms with Gasteiger partial charge in [0.05, 0.1) is 18.5 Å². The first-order valence-electron chi connectivity index (χ1n) is 7.20. The average Bonchev–Trinajstić information content (AvgIpc) is 2.58. The van der Waals surface area contributed by atoms with Crippen LogP contribution in [0, 0.1) is 0 Å². The van der Waals surface area contributed by atoms with Crippen molar-refractivity contribution in [2.24, 2.45) is 10.2 Å². The number of rotatable bonds is 7. The van der Waals surface area contributed by atoms with E-state index < -0.39 is 0 Å². The van der Waals surface area contributed by atoms with Crippen molar-refractivity contribution in [3.05, 3.63) is 48.5 Å². The molecular weight excluding hydrogens is 294 g/mol. The molecule has 0 aromatic heterocycles. The number of carbonyl (C=O) groups excluding carboxylic acids is 1. The van der Waals surface area contributed by atoms with Gasteiger partial charge in [-0.3, -0.25) is 4.79 Å². The van der Waals surface area contributed by atoms with Crippen molar-refractivity contribution >= 4 is 23.0 Å². The number of hydrogen-bond donors (Lipinski definition) is 1. The molecule has 0 radical (unpaired) electrons. The molecule has 120 valence electrons. The monoisotopic (exact) mass is 313 g/mol. The Labute approximate surface area is 135 Å². The maximum atomic E-state index is 10.6. The Morgan fingerprint density at radius 3 is 2.52 bits per heavy atom. The fraction of sp³-hybridized carbons (Fsp3) is 0.235. The Morgan fingerprint density at radius 1 is 1.09 bits per heavy atom. The van der Waals surface area contributed by atoms with Crippen LogP contribution >= 0.6 is 0 Å². The zero-order valence-corrected chi connectivity index (χ0v) is 13.2. The van der Waals surface area contributed by atoms with Crippen molar-refractivity contribution in [1.82, 2.24) is 0 Å². The van der Waals surface area contributed by atoms with Crippen LogP contribution in [-0.4, -0.2) is 26.2 Å². The highest BCUT2D eigenvalue weighted by molar-refractivity contribution is 5.65. The molecule has 23 heavy (non-hydrogen) atoms. The first-order chi connectivity index (χ1) is 11.2. The highest BCUT2D eigenvalue weighted by Gasteiger charge is 1.96. The Bertz CT molecular complexity index is 669. The molecule has 0 aliphatic heterocycles. The lowest BCUT2D eigenvalue weighted by molar-refractivity contribution is -0.140. The van der Waals surface area contributed by atoms with Gasteiger partial charge in [0.25, 0.3) is 0 Å². The van der Waals surface area contributed by atoms with Gasteiger partial charge in [-0.15, -0.1) is 0 Å². The molecule has 0 heterocycles. The third-order valence-corrected chi connectivity index (χ3v) is 2.94. The highest BCUT2D eigenvalue weighted by Crippen LogP contribution is 2.23. The van der Waals surface area contributed by atoms with E-state index in [1.165, 1.54) is 6.92 Å². The standard InChI is InChI=1S/C17H19N3O3/c1-13(21)23-11-10-18-14-6-8-15(9-7-14)19-20-16-4-3-5-17(12-16)22-2/h3-9,12,18H,10-11H2,1-2H3/b20-19+. The van der Waals surface area contributed by atoms with Gasteiger partial charge in [0, 0.05) is 25.2 Å². The van der Waals surface area contributed by atoms with Gasteiger partial charge in [0.15, 0.2) is 0 Å². The van der Waals surface area contributed by atoms with Gasteiger partial charge in [-0.25, -0.2) is 0 Å². The quantitative estimate of drug-likeness (QED) is 0.475. The number of nitrogens with zero attached hydrogens (tertiary/aromatic N) is 2. The summed E-state index contributed by atoms with van der Waals surface area (Å²) in [6.07, 6.45) is 0. The number of benzene rings is 2. The summed E-state index contributed by atoms with van der Waals surface area (Å²) in [5.41, 5.74) is 2.41. The van der Waals surface area contributed by atoms with E-state index in [-0.39, 0.29) is 5.97 Å². The van der Waals surface area contributed by atoms with E-state index in [1.54, 1.807) is 7.11 Å². The van der Waals surface area contributed by atoms with Crippen LogP contribution in [0.25, 0.3) is 0 Å². The first kappa shape index (κ1) is 16.5. The molecule has 6 heteroatoms. The van der Waals surface area contributed by atoms with Crippen LogP contribution in [-0.2, 0) is 9.53 Å². The van der Waals surface area contributed by atoms with E-state index in [9.17, 15) is 4.79 Å².